The molecule has 4 heterocycles. The standard InChI is InChI=1S/C19H23N3O3S/c1-15-3-2-4-16(20-15)9-21-6-7-24-14-19(12-21)13-22(18(23)10-25-19)17-5-8-26-11-17/h2-5,8,11H,6-7,9-10,12-14H2,1H3/t19-/m0/s1. The number of carbonyl (C=O) groups is 1. The van der Waals surface area contributed by atoms with Gasteiger partial charge in [-0.15, -0.1) is 0 Å². The molecule has 0 bridgehead atoms. The quantitative estimate of drug-likeness (QED) is 0.825. The number of amides is 1. The van der Waals surface area contributed by atoms with Gasteiger partial charge in [-0.3, -0.25) is 14.7 Å². The number of rotatable bonds is 3. The van der Waals surface area contributed by atoms with E-state index in [4.69, 9.17) is 9.47 Å². The minimum atomic E-state index is -0.504. The van der Waals surface area contributed by atoms with Gasteiger partial charge in [-0.2, -0.15) is 11.3 Å². The Morgan fingerprint density at radius 3 is 3.04 bits per heavy atom. The maximum atomic E-state index is 12.4. The third-order valence-electron chi connectivity index (χ3n) is 4.83. The predicted molar refractivity (Wildman–Crippen MR) is 100 cm³/mol. The summed E-state index contributed by atoms with van der Waals surface area (Å²) in [6.45, 7) is 6.06. The average Bonchev–Trinajstić information content (AvgIpc) is 3.08. The van der Waals surface area contributed by atoms with Crippen LogP contribution in [0.4, 0.5) is 5.69 Å². The van der Waals surface area contributed by atoms with Gasteiger partial charge in [-0.1, -0.05) is 6.07 Å². The zero-order chi connectivity index (χ0) is 18.0. The number of thiophene rings is 1. The monoisotopic (exact) mass is 373 g/mol. The van der Waals surface area contributed by atoms with E-state index in [0.29, 0.717) is 19.8 Å². The van der Waals surface area contributed by atoms with Crippen LogP contribution < -0.4 is 4.90 Å². The molecule has 1 atom stereocenters. The predicted octanol–water partition coefficient (Wildman–Crippen LogP) is 2.09. The van der Waals surface area contributed by atoms with E-state index in [-0.39, 0.29) is 12.5 Å². The molecule has 26 heavy (non-hydrogen) atoms. The lowest BCUT2D eigenvalue weighted by molar-refractivity contribution is -0.146. The van der Waals surface area contributed by atoms with Crippen molar-refractivity contribution in [2.24, 2.45) is 0 Å². The summed E-state index contributed by atoms with van der Waals surface area (Å²) in [4.78, 5) is 21.1. The van der Waals surface area contributed by atoms with Crippen molar-refractivity contribution in [3.8, 4) is 0 Å². The van der Waals surface area contributed by atoms with E-state index in [2.05, 4.69) is 9.88 Å². The maximum absolute atomic E-state index is 12.4. The Hall–Kier alpha value is -1.80. The molecule has 0 N–H and O–H groups in total. The summed E-state index contributed by atoms with van der Waals surface area (Å²) in [5.74, 6) is 0.00479. The van der Waals surface area contributed by atoms with Crippen LogP contribution in [0.3, 0.4) is 0 Å². The van der Waals surface area contributed by atoms with Crippen LogP contribution in [0, 0.1) is 6.92 Å². The van der Waals surface area contributed by atoms with Crippen molar-refractivity contribution >= 4 is 22.9 Å². The van der Waals surface area contributed by atoms with E-state index >= 15 is 0 Å². The molecule has 2 aliphatic heterocycles. The van der Waals surface area contributed by atoms with Crippen molar-refractivity contribution in [3.63, 3.8) is 0 Å². The molecule has 6 nitrogen and oxygen atoms in total. The summed E-state index contributed by atoms with van der Waals surface area (Å²) in [5, 5.41) is 3.99. The molecule has 2 saturated heterocycles. The van der Waals surface area contributed by atoms with E-state index in [1.54, 1.807) is 11.3 Å². The Morgan fingerprint density at radius 1 is 1.31 bits per heavy atom. The Balaban J connectivity index is 1.52. The summed E-state index contributed by atoms with van der Waals surface area (Å²) in [6, 6.07) is 8.07. The van der Waals surface area contributed by atoms with E-state index in [0.717, 1.165) is 36.7 Å². The Labute approximate surface area is 157 Å². The maximum Gasteiger partial charge on any atom is 0.253 e. The lowest BCUT2D eigenvalue weighted by Gasteiger charge is -2.42. The number of aryl methyl sites for hydroxylation is 1. The zero-order valence-corrected chi connectivity index (χ0v) is 15.7. The van der Waals surface area contributed by atoms with Crippen molar-refractivity contribution in [1.82, 2.24) is 9.88 Å². The Bertz CT molecular complexity index is 767. The van der Waals surface area contributed by atoms with Crippen LogP contribution in [0.15, 0.2) is 35.0 Å². The minimum Gasteiger partial charge on any atom is -0.377 e. The van der Waals surface area contributed by atoms with Gasteiger partial charge < -0.3 is 14.4 Å². The average molecular weight is 373 g/mol. The summed E-state index contributed by atoms with van der Waals surface area (Å²) in [5.41, 5.74) is 2.50. The zero-order valence-electron chi connectivity index (χ0n) is 14.9. The van der Waals surface area contributed by atoms with Crippen molar-refractivity contribution in [2.45, 2.75) is 19.1 Å². The van der Waals surface area contributed by atoms with E-state index in [1.165, 1.54) is 0 Å². The molecule has 2 aliphatic rings. The molecule has 2 aromatic rings. The fourth-order valence-electron chi connectivity index (χ4n) is 3.58. The number of carbonyl (C=O) groups excluding carboxylic acids is 1. The van der Waals surface area contributed by atoms with Gasteiger partial charge in [0.2, 0.25) is 0 Å². The number of hydrogen-bond acceptors (Lipinski definition) is 6. The van der Waals surface area contributed by atoms with Gasteiger partial charge in [0.25, 0.3) is 5.91 Å². The first-order chi connectivity index (χ1) is 12.6. The molecule has 2 aromatic heterocycles. The first-order valence-electron chi connectivity index (χ1n) is 8.83. The van der Waals surface area contributed by atoms with Gasteiger partial charge in [-0.25, -0.2) is 0 Å². The highest BCUT2D eigenvalue weighted by molar-refractivity contribution is 7.08. The van der Waals surface area contributed by atoms with Gasteiger partial charge in [0.15, 0.2) is 0 Å². The summed E-state index contributed by atoms with van der Waals surface area (Å²) < 4.78 is 11.9. The second-order valence-electron chi connectivity index (χ2n) is 6.97. The molecular formula is C19H23N3O3S. The number of ether oxygens (including phenoxy) is 2. The Kier molecular flexibility index (Phi) is 5.04. The number of aromatic nitrogens is 1. The highest BCUT2D eigenvalue weighted by atomic mass is 32.1. The van der Waals surface area contributed by atoms with Crippen LogP contribution in [0.5, 0.6) is 0 Å². The van der Waals surface area contributed by atoms with Crippen LogP contribution >= 0.6 is 11.3 Å². The van der Waals surface area contributed by atoms with Gasteiger partial charge in [0.05, 0.1) is 31.1 Å². The normalized spacial score (nSPS) is 24.8. The van der Waals surface area contributed by atoms with Gasteiger partial charge in [-0.05, 0) is 30.5 Å². The number of hydrogen-bond donors (Lipinski definition) is 0. The van der Waals surface area contributed by atoms with Crippen molar-refractivity contribution in [3.05, 3.63) is 46.4 Å². The van der Waals surface area contributed by atoms with Crippen LogP contribution in [0.1, 0.15) is 11.4 Å². The van der Waals surface area contributed by atoms with E-state index in [9.17, 15) is 4.79 Å². The van der Waals surface area contributed by atoms with Crippen LogP contribution in [-0.4, -0.2) is 60.8 Å². The largest absolute Gasteiger partial charge is 0.377 e. The second kappa shape index (κ2) is 7.44. The first-order valence-corrected chi connectivity index (χ1v) is 9.77. The lowest BCUT2D eigenvalue weighted by Crippen LogP contribution is -2.60. The minimum absolute atomic E-state index is 0.00479. The highest BCUT2D eigenvalue weighted by Crippen LogP contribution is 2.28. The third kappa shape index (κ3) is 3.81. The number of pyridine rings is 1. The fraction of sp³-hybridized carbons (Fsp3) is 0.474. The molecule has 0 saturated carbocycles. The third-order valence-corrected chi connectivity index (χ3v) is 5.50. The Morgan fingerprint density at radius 2 is 2.23 bits per heavy atom. The number of nitrogens with zero attached hydrogens (tertiary/aromatic N) is 3. The summed E-state index contributed by atoms with van der Waals surface area (Å²) in [6.07, 6.45) is 0. The number of anilines is 1. The smallest absolute Gasteiger partial charge is 0.253 e. The van der Waals surface area contributed by atoms with Crippen molar-refractivity contribution in [2.75, 3.05) is 44.4 Å². The molecule has 1 amide bonds. The van der Waals surface area contributed by atoms with E-state index in [1.807, 2.05) is 46.8 Å². The molecule has 0 radical (unpaired) electrons. The molecule has 0 aromatic carbocycles. The molecule has 138 valence electrons. The second-order valence-corrected chi connectivity index (χ2v) is 7.75. The SMILES string of the molecule is Cc1cccc(CN2CCOC[C@]3(C2)CN(c2ccsc2)C(=O)CO3)n1. The molecule has 0 aliphatic carbocycles. The summed E-state index contributed by atoms with van der Waals surface area (Å²) >= 11 is 1.59. The van der Waals surface area contributed by atoms with Crippen LogP contribution in [0.25, 0.3) is 0 Å². The molecule has 7 heteroatoms. The van der Waals surface area contributed by atoms with Crippen molar-refractivity contribution in [1.29, 1.82) is 0 Å². The number of morpholine rings is 1. The van der Waals surface area contributed by atoms with Crippen LogP contribution in [0.2, 0.25) is 0 Å². The van der Waals surface area contributed by atoms with Crippen LogP contribution in [-0.2, 0) is 20.8 Å². The molecular weight excluding hydrogens is 350 g/mol. The topological polar surface area (TPSA) is 54.9 Å². The van der Waals surface area contributed by atoms with Gasteiger partial charge in [0, 0.05) is 30.7 Å². The molecule has 2 fully saturated rings. The van der Waals surface area contributed by atoms with E-state index < -0.39 is 5.60 Å². The van der Waals surface area contributed by atoms with Gasteiger partial charge >= 0.3 is 0 Å². The first kappa shape index (κ1) is 17.6. The highest BCUT2D eigenvalue weighted by Gasteiger charge is 2.43. The molecule has 0 unspecified atom stereocenters. The lowest BCUT2D eigenvalue weighted by atomic mass is 10.0. The molecule has 1 spiro atoms. The fourth-order valence-corrected chi connectivity index (χ4v) is 4.22. The van der Waals surface area contributed by atoms with Gasteiger partial charge in [0.1, 0.15) is 12.2 Å². The molecule has 4 rings (SSSR count). The van der Waals surface area contributed by atoms with Crippen molar-refractivity contribution < 1.29 is 14.3 Å². The summed E-state index contributed by atoms with van der Waals surface area (Å²) in [7, 11) is 0.